The van der Waals surface area contributed by atoms with Crippen molar-refractivity contribution in [1.82, 2.24) is 14.5 Å². The minimum atomic E-state index is -3.62. The summed E-state index contributed by atoms with van der Waals surface area (Å²) in [5.74, 6) is -0.327. The molecule has 0 aliphatic rings. The summed E-state index contributed by atoms with van der Waals surface area (Å²) in [7, 11) is 3.13. The zero-order valence-electron chi connectivity index (χ0n) is 16.7. The van der Waals surface area contributed by atoms with Crippen molar-refractivity contribution in [3.63, 3.8) is 0 Å². The minimum absolute atomic E-state index is 0.0866. The summed E-state index contributed by atoms with van der Waals surface area (Å²) < 4.78 is 25.9. The predicted molar refractivity (Wildman–Crippen MR) is 112 cm³/mol. The van der Waals surface area contributed by atoms with Gasteiger partial charge in [0.25, 0.3) is 5.91 Å². The number of nitrogens with one attached hydrogen (secondary N) is 1. The van der Waals surface area contributed by atoms with Crippen molar-refractivity contribution < 1.29 is 13.2 Å². The summed E-state index contributed by atoms with van der Waals surface area (Å²) in [5.41, 5.74) is 1.95. The zero-order chi connectivity index (χ0) is 21.1. The van der Waals surface area contributed by atoms with Crippen molar-refractivity contribution in [1.29, 1.82) is 0 Å². The van der Waals surface area contributed by atoms with Gasteiger partial charge in [-0.2, -0.15) is 0 Å². The molecule has 0 aliphatic heterocycles. The Balaban J connectivity index is 2.26. The molecule has 1 atom stereocenters. The van der Waals surface area contributed by atoms with Gasteiger partial charge in [0.1, 0.15) is 0 Å². The number of sulfonamides is 1. The predicted octanol–water partition coefficient (Wildman–Crippen LogP) is 2.93. The third-order valence-electron chi connectivity index (χ3n) is 4.58. The van der Waals surface area contributed by atoms with Gasteiger partial charge in [0.2, 0.25) is 10.0 Å². The highest BCUT2D eigenvalue weighted by atomic mass is 35.5. The molecule has 0 bridgehead atoms. The number of rotatable bonds is 7. The first kappa shape index (κ1) is 22.4. The number of carbonyl (C=O) groups is 1. The number of benzene rings is 2. The molecule has 8 heteroatoms. The Labute approximate surface area is 172 Å². The minimum Gasteiger partial charge on any atom is -0.350 e. The van der Waals surface area contributed by atoms with Gasteiger partial charge in [-0.1, -0.05) is 35.9 Å². The summed E-state index contributed by atoms with van der Waals surface area (Å²) in [6.45, 7) is 2.11. The lowest BCUT2D eigenvalue weighted by Gasteiger charge is -2.26. The fraction of sp³-hybridized carbons (Fsp3) is 0.350. The number of likely N-dealkylation sites (N-methyl/N-ethyl adjacent to an activating group) is 1. The first-order valence-corrected chi connectivity index (χ1v) is 10.6. The van der Waals surface area contributed by atoms with Gasteiger partial charge in [0.15, 0.2) is 0 Å². The highest BCUT2D eigenvalue weighted by molar-refractivity contribution is 7.89. The highest BCUT2D eigenvalue weighted by Crippen LogP contribution is 2.25. The van der Waals surface area contributed by atoms with Crippen LogP contribution in [0, 0.1) is 6.92 Å². The number of hydrogen-bond donors (Lipinski definition) is 1. The summed E-state index contributed by atoms with van der Waals surface area (Å²) in [4.78, 5) is 14.8. The molecule has 2 aromatic rings. The second-order valence-corrected chi connectivity index (χ2v) is 9.53. The molecule has 152 valence electrons. The van der Waals surface area contributed by atoms with Crippen molar-refractivity contribution in [3.05, 3.63) is 64.2 Å². The number of hydrogen-bond acceptors (Lipinski definition) is 4. The van der Waals surface area contributed by atoms with E-state index in [1.54, 1.807) is 13.0 Å². The lowest BCUT2D eigenvalue weighted by molar-refractivity contribution is 0.0941. The van der Waals surface area contributed by atoms with Crippen molar-refractivity contribution >= 4 is 27.5 Å². The van der Waals surface area contributed by atoms with E-state index in [1.165, 1.54) is 26.2 Å². The average molecular weight is 424 g/mol. The maximum atomic E-state index is 12.8. The Hall–Kier alpha value is -1.93. The SMILES string of the molecule is Cc1ccc(S(=O)(=O)N(C)C)cc1C(=O)NCC(c1ccccc1Cl)N(C)C. The molecule has 0 fully saturated rings. The summed E-state index contributed by atoms with van der Waals surface area (Å²) in [6, 6.07) is 11.9. The smallest absolute Gasteiger partial charge is 0.251 e. The Morgan fingerprint density at radius 1 is 1.11 bits per heavy atom. The summed E-state index contributed by atoms with van der Waals surface area (Å²) in [5, 5.41) is 3.54. The van der Waals surface area contributed by atoms with Crippen LogP contribution in [0.15, 0.2) is 47.4 Å². The van der Waals surface area contributed by atoms with E-state index in [9.17, 15) is 13.2 Å². The molecular formula is C20H26ClN3O3S. The van der Waals surface area contributed by atoms with Crippen LogP contribution in [-0.4, -0.2) is 58.3 Å². The van der Waals surface area contributed by atoms with Gasteiger partial charge in [-0.3, -0.25) is 4.79 Å². The van der Waals surface area contributed by atoms with E-state index in [4.69, 9.17) is 11.6 Å². The molecule has 1 amide bonds. The number of carbonyl (C=O) groups excluding carboxylic acids is 1. The largest absolute Gasteiger partial charge is 0.350 e. The molecule has 0 aliphatic carbocycles. The van der Waals surface area contributed by atoms with E-state index < -0.39 is 10.0 Å². The Kier molecular flexibility index (Phi) is 7.22. The number of halogens is 1. The number of nitrogens with zero attached hydrogens (tertiary/aromatic N) is 2. The van der Waals surface area contributed by atoms with Gasteiger partial charge in [0.05, 0.1) is 10.9 Å². The van der Waals surface area contributed by atoms with Crippen LogP contribution >= 0.6 is 11.6 Å². The van der Waals surface area contributed by atoms with Gasteiger partial charge in [-0.05, 0) is 50.3 Å². The monoisotopic (exact) mass is 423 g/mol. The molecule has 2 rings (SSSR count). The van der Waals surface area contributed by atoms with Gasteiger partial charge in [-0.15, -0.1) is 0 Å². The van der Waals surface area contributed by atoms with Gasteiger partial charge < -0.3 is 10.2 Å². The van der Waals surface area contributed by atoms with Crippen LogP contribution in [0.25, 0.3) is 0 Å². The molecule has 0 radical (unpaired) electrons. The van der Waals surface area contributed by atoms with E-state index in [0.717, 1.165) is 9.87 Å². The number of aryl methyl sites for hydroxylation is 1. The number of amides is 1. The first-order valence-electron chi connectivity index (χ1n) is 8.78. The Bertz CT molecular complexity index is 959. The van der Waals surface area contributed by atoms with Gasteiger partial charge in [-0.25, -0.2) is 12.7 Å². The normalized spacial score (nSPS) is 13.0. The van der Waals surface area contributed by atoms with E-state index in [0.29, 0.717) is 22.7 Å². The maximum absolute atomic E-state index is 12.8. The lowest BCUT2D eigenvalue weighted by Crippen LogP contribution is -2.35. The van der Waals surface area contributed by atoms with Crippen LogP contribution < -0.4 is 5.32 Å². The summed E-state index contributed by atoms with van der Waals surface area (Å²) >= 11 is 6.31. The van der Waals surface area contributed by atoms with E-state index in [2.05, 4.69) is 5.32 Å². The molecule has 0 aromatic heterocycles. The molecule has 1 N–H and O–H groups in total. The fourth-order valence-electron chi connectivity index (χ4n) is 2.82. The standard InChI is InChI=1S/C20H26ClN3O3S/c1-14-10-11-15(28(26,27)24(4)5)12-17(14)20(25)22-13-19(23(2)3)16-8-6-7-9-18(16)21/h6-12,19H,13H2,1-5H3,(H,22,25). The molecule has 6 nitrogen and oxygen atoms in total. The molecule has 0 saturated carbocycles. The first-order chi connectivity index (χ1) is 13.1. The molecule has 28 heavy (non-hydrogen) atoms. The fourth-order valence-corrected chi connectivity index (χ4v) is 4.01. The second kappa shape index (κ2) is 9.05. The van der Waals surface area contributed by atoms with Crippen LogP contribution in [0.5, 0.6) is 0 Å². The van der Waals surface area contributed by atoms with Crippen LogP contribution in [0.1, 0.15) is 27.5 Å². The third kappa shape index (κ3) is 4.91. The van der Waals surface area contributed by atoms with Crippen molar-refractivity contribution in [2.24, 2.45) is 0 Å². The topological polar surface area (TPSA) is 69.7 Å². The molecule has 0 saturated heterocycles. The van der Waals surface area contributed by atoms with Crippen LogP contribution in [0.4, 0.5) is 0 Å². The second-order valence-electron chi connectivity index (χ2n) is 6.98. The van der Waals surface area contributed by atoms with Crippen molar-refractivity contribution in [3.8, 4) is 0 Å². The van der Waals surface area contributed by atoms with Crippen molar-refractivity contribution in [2.75, 3.05) is 34.7 Å². The molecule has 2 aromatic carbocycles. The molecule has 0 heterocycles. The Morgan fingerprint density at radius 2 is 1.75 bits per heavy atom. The average Bonchev–Trinajstić information content (AvgIpc) is 2.62. The van der Waals surface area contributed by atoms with Crippen LogP contribution in [-0.2, 0) is 10.0 Å². The molecule has 1 unspecified atom stereocenters. The van der Waals surface area contributed by atoms with E-state index in [1.807, 2.05) is 43.3 Å². The van der Waals surface area contributed by atoms with Gasteiger partial charge in [0, 0.05) is 31.2 Å². The summed E-state index contributed by atoms with van der Waals surface area (Å²) in [6.07, 6.45) is 0. The highest BCUT2D eigenvalue weighted by Gasteiger charge is 2.22. The van der Waals surface area contributed by atoms with Crippen LogP contribution in [0.2, 0.25) is 5.02 Å². The van der Waals surface area contributed by atoms with Gasteiger partial charge >= 0.3 is 0 Å². The molecular weight excluding hydrogens is 398 g/mol. The van der Waals surface area contributed by atoms with Crippen LogP contribution in [0.3, 0.4) is 0 Å². The molecule has 0 spiro atoms. The van der Waals surface area contributed by atoms with Crippen molar-refractivity contribution in [2.45, 2.75) is 17.9 Å². The van der Waals surface area contributed by atoms with E-state index >= 15 is 0 Å². The maximum Gasteiger partial charge on any atom is 0.251 e. The third-order valence-corrected chi connectivity index (χ3v) is 6.73. The van der Waals surface area contributed by atoms with E-state index in [-0.39, 0.29) is 16.8 Å². The zero-order valence-corrected chi connectivity index (χ0v) is 18.3. The lowest BCUT2D eigenvalue weighted by atomic mass is 10.0. The quantitative estimate of drug-likeness (QED) is 0.743. The Morgan fingerprint density at radius 3 is 2.32 bits per heavy atom.